The lowest BCUT2D eigenvalue weighted by atomic mass is 9.91. The Balaban J connectivity index is 1.97. The van der Waals surface area contributed by atoms with Crippen LogP contribution in [0.3, 0.4) is 0 Å². The van der Waals surface area contributed by atoms with E-state index in [9.17, 15) is 0 Å². The van der Waals surface area contributed by atoms with E-state index in [1.807, 2.05) is 0 Å². The van der Waals surface area contributed by atoms with Crippen molar-refractivity contribution < 1.29 is 9.47 Å². The highest BCUT2D eigenvalue weighted by atomic mass is 16.5. The van der Waals surface area contributed by atoms with Crippen molar-refractivity contribution in [1.82, 2.24) is 15.1 Å². The van der Waals surface area contributed by atoms with Gasteiger partial charge >= 0.3 is 0 Å². The maximum Gasteiger partial charge on any atom is 0.127 e. The molecule has 0 aromatic heterocycles. The number of fused-ring (bicyclic) bond motifs is 1. The maximum atomic E-state index is 5.85. The Morgan fingerprint density at radius 3 is 2.57 bits per heavy atom. The van der Waals surface area contributed by atoms with Gasteiger partial charge in [-0.1, -0.05) is 0 Å². The molecule has 0 amide bonds. The number of benzene rings is 1. The third-order valence-corrected chi connectivity index (χ3v) is 5.22. The van der Waals surface area contributed by atoms with Crippen molar-refractivity contribution in [3.05, 3.63) is 22.8 Å². The lowest BCUT2D eigenvalue weighted by molar-refractivity contribution is 0.217. The third-order valence-electron chi connectivity index (χ3n) is 5.22. The fourth-order valence-corrected chi connectivity index (χ4v) is 3.70. The summed E-state index contributed by atoms with van der Waals surface area (Å²) >= 11 is 0. The molecule has 1 unspecified atom stereocenters. The molecule has 0 aliphatic carbocycles. The van der Waals surface area contributed by atoms with Gasteiger partial charge in [-0.25, -0.2) is 0 Å². The minimum absolute atomic E-state index is 0.524. The summed E-state index contributed by atoms with van der Waals surface area (Å²) in [4.78, 5) is 4.86. The van der Waals surface area contributed by atoms with Crippen LogP contribution in [0.4, 0.5) is 0 Å². The molecule has 1 N–H and O–H groups in total. The lowest BCUT2D eigenvalue weighted by Gasteiger charge is -2.35. The minimum Gasteiger partial charge on any atom is -0.496 e. The molecule has 23 heavy (non-hydrogen) atoms. The van der Waals surface area contributed by atoms with Gasteiger partial charge in [-0.05, 0) is 26.5 Å². The Kier molecular flexibility index (Phi) is 5.09. The van der Waals surface area contributed by atoms with Crippen LogP contribution in [-0.4, -0.2) is 63.3 Å². The summed E-state index contributed by atoms with van der Waals surface area (Å²) < 4.78 is 11.6. The van der Waals surface area contributed by atoms with E-state index in [1.54, 1.807) is 14.2 Å². The van der Waals surface area contributed by atoms with E-state index in [0.29, 0.717) is 6.04 Å². The predicted octanol–water partition coefficient (Wildman–Crippen LogP) is 1.49. The zero-order valence-corrected chi connectivity index (χ0v) is 14.8. The van der Waals surface area contributed by atoms with Crippen LogP contribution >= 0.6 is 0 Å². The zero-order chi connectivity index (χ0) is 16.4. The number of likely N-dealkylation sites (N-methyl/N-ethyl adjacent to an activating group) is 1. The van der Waals surface area contributed by atoms with E-state index in [4.69, 9.17) is 9.47 Å². The van der Waals surface area contributed by atoms with Gasteiger partial charge in [0.25, 0.3) is 0 Å². The number of nitrogens with zero attached hydrogens (tertiary/aromatic N) is 2. The fraction of sp³-hybridized carbons (Fsp3) is 0.667. The van der Waals surface area contributed by atoms with Gasteiger partial charge in [0, 0.05) is 62.0 Å². The van der Waals surface area contributed by atoms with Gasteiger partial charge in [0.2, 0.25) is 0 Å². The van der Waals surface area contributed by atoms with Gasteiger partial charge < -0.3 is 14.8 Å². The van der Waals surface area contributed by atoms with Gasteiger partial charge in [0.1, 0.15) is 11.5 Å². The predicted molar refractivity (Wildman–Crippen MR) is 92.3 cm³/mol. The highest BCUT2D eigenvalue weighted by Crippen LogP contribution is 2.39. The van der Waals surface area contributed by atoms with Crippen molar-refractivity contribution in [3.8, 4) is 11.5 Å². The summed E-state index contributed by atoms with van der Waals surface area (Å²) in [5.74, 6) is 2.07. The second-order valence-corrected chi connectivity index (χ2v) is 6.72. The Hall–Kier alpha value is -1.30. The standard InChI is InChI=1S/C18H29N3O2/c1-13-9-15-16(12-20(13)2)17(22-3)10-14(18(15)23-4)11-21-7-5-19-6-8-21/h10,13,19H,5-9,11-12H2,1-4H3. The van der Waals surface area contributed by atoms with Crippen molar-refractivity contribution in [3.63, 3.8) is 0 Å². The number of hydrogen-bond donors (Lipinski definition) is 1. The van der Waals surface area contributed by atoms with Crippen molar-refractivity contribution in [2.75, 3.05) is 47.4 Å². The average Bonchev–Trinajstić information content (AvgIpc) is 2.56. The highest BCUT2D eigenvalue weighted by molar-refractivity contribution is 5.55. The van der Waals surface area contributed by atoms with Gasteiger partial charge in [-0.15, -0.1) is 0 Å². The second-order valence-electron chi connectivity index (χ2n) is 6.72. The van der Waals surface area contributed by atoms with Crippen LogP contribution in [0.5, 0.6) is 11.5 Å². The molecular weight excluding hydrogens is 290 g/mol. The summed E-state index contributed by atoms with van der Waals surface area (Å²) in [7, 11) is 5.75. The Morgan fingerprint density at radius 1 is 1.17 bits per heavy atom. The van der Waals surface area contributed by atoms with Gasteiger partial charge in [0.15, 0.2) is 0 Å². The molecule has 5 nitrogen and oxygen atoms in total. The molecule has 0 radical (unpaired) electrons. The van der Waals surface area contributed by atoms with Crippen LogP contribution in [-0.2, 0) is 19.5 Å². The van der Waals surface area contributed by atoms with Gasteiger partial charge in [0.05, 0.1) is 14.2 Å². The highest BCUT2D eigenvalue weighted by Gasteiger charge is 2.28. The number of ether oxygens (including phenoxy) is 2. The van der Waals surface area contributed by atoms with Crippen molar-refractivity contribution in [1.29, 1.82) is 0 Å². The second kappa shape index (κ2) is 7.07. The largest absolute Gasteiger partial charge is 0.496 e. The molecule has 0 spiro atoms. The van der Waals surface area contributed by atoms with Gasteiger partial charge in [-0.3, -0.25) is 9.80 Å². The number of rotatable bonds is 4. The summed E-state index contributed by atoms with van der Waals surface area (Å²) in [5.41, 5.74) is 3.87. The molecule has 1 saturated heterocycles. The first kappa shape index (κ1) is 16.6. The van der Waals surface area contributed by atoms with Crippen molar-refractivity contribution in [2.24, 2.45) is 0 Å². The fourth-order valence-electron chi connectivity index (χ4n) is 3.70. The number of piperazine rings is 1. The van der Waals surface area contributed by atoms with Crippen LogP contribution in [0.25, 0.3) is 0 Å². The quantitative estimate of drug-likeness (QED) is 0.910. The number of hydrogen-bond acceptors (Lipinski definition) is 5. The lowest BCUT2D eigenvalue weighted by Crippen LogP contribution is -2.43. The van der Waals surface area contributed by atoms with Crippen LogP contribution in [0.2, 0.25) is 0 Å². The first-order chi connectivity index (χ1) is 11.1. The monoisotopic (exact) mass is 319 g/mol. The van der Waals surface area contributed by atoms with Crippen molar-refractivity contribution >= 4 is 0 Å². The van der Waals surface area contributed by atoms with E-state index >= 15 is 0 Å². The Morgan fingerprint density at radius 2 is 1.91 bits per heavy atom. The van der Waals surface area contributed by atoms with E-state index in [-0.39, 0.29) is 0 Å². The molecule has 1 aromatic carbocycles. The summed E-state index contributed by atoms with van der Waals surface area (Å²) in [6.07, 6.45) is 1.01. The molecule has 2 aliphatic rings. The summed E-state index contributed by atoms with van der Waals surface area (Å²) in [6, 6.07) is 2.71. The van der Waals surface area contributed by atoms with Gasteiger partial charge in [-0.2, -0.15) is 0 Å². The normalized spacial score (nSPS) is 22.7. The molecule has 1 aromatic rings. The zero-order valence-electron chi connectivity index (χ0n) is 14.8. The molecule has 3 rings (SSSR count). The van der Waals surface area contributed by atoms with E-state index < -0.39 is 0 Å². The number of nitrogens with one attached hydrogen (secondary N) is 1. The molecule has 0 bridgehead atoms. The van der Waals surface area contributed by atoms with E-state index in [0.717, 1.165) is 57.2 Å². The Bertz CT molecular complexity index is 556. The Labute approximate surface area is 139 Å². The molecule has 1 atom stereocenters. The molecule has 0 saturated carbocycles. The first-order valence-corrected chi connectivity index (χ1v) is 8.53. The molecule has 2 heterocycles. The van der Waals surface area contributed by atoms with Crippen LogP contribution in [0, 0.1) is 0 Å². The third kappa shape index (κ3) is 3.32. The molecular formula is C18H29N3O2. The SMILES string of the molecule is COc1cc(CN2CCNCC2)c(OC)c2c1CN(C)C(C)C2. The smallest absolute Gasteiger partial charge is 0.127 e. The van der Waals surface area contributed by atoms with Crippen LogP contribution in [0.15, 0.2) is 6.07 Å². The molecule has 1 fully saturated rings. The minimum atomic E-state index is 0.524. The molecule has 2 aliphatic heterocycles. The molecule has 5 heteroatoms. The van der Waals surface area contributed by atoms with Crippen LogP contribution < -0.4 is 14.8 Å². The van der Waals surface area contributed by atoms with Crippen LogP contribution in [0.1, 0.15) is 23.6 Å². The molecule has 128 valence electrons. The van der Waals surface area contributed by atoms with Crippen molar-refractivity contribution in [2.45, 2.75) is 32.5 Å². The number of methoxy groups -OCH3 is 2. The summed E-state index contributed by atoms with van der Waals surface area (Å²) in [6.45, 7) is 8.42. The maximum absolute atomic E-state index is 5.85. The van der Waals surface area contributed by atoms with E-state index in [1.165, 1.54) is 16.7 Å². The van der Waals surface area contributed by atoms with E-state index in [2.05, 4.69) is 35.2 Å². The summed E-state index contributed by atoms with van der Waals surface area (Å²) in [5, 5.41) is 3.41. The topological polar surface area (TPSA) is 37.0 Å². The first-order valence-electron chi connectivity index (χ1n) is 8.53. The average molecular weight is 319 g/mol.